The summed E-state index contributed by atoms with van der Waals surface area (Å²) < 4.78 is 3.03. The van der Waals surface area contributed by atoms with Gasteiger partial charge in [-0.1, -0.05) is 92.2 Å². The molecule has 2 heterocycles. The Morgan fingerprint density at radius 3 is 2.14 bits per heavy atom. The highest BCUT2D eigenvalue weighted by molar-refractivity contribution is 5.80. The van der Waals surface area contributed by atoms with Crippen LogP contribution in [0.25, 0.3) is 22.5 Å². The van der Waals surface area contributed by atoms with Crippen molar-refractivity contribution in [3.8, 4) is 22.5 Å². The molecule has 3 aromatic carbocycles. The maximum Gasteiger partial charge on any atom is 0.331 e. The minimum atomic E-state index is -0.290. The fourth-order valence-electron chi connectivity index (χ4n) is 4.38. The van der Waals surface area contributed by atoms with Gasteiger partial charge in [0.15, 0.2) is 0 Å². The molecule has 5 aromatic rings. The van der Waals surface area contributed by atoms with Crippen LogP contribution < -0.4 is 11.2 Å². The van der Waals surface area contributed by atoms with Crippen LogP contribution in [0.5, 0.6) is 0 Å². The molecule has 0 saturated carbocycles. The van der Waals surface area contributed by atoms with E-state index in [0.29, 0.717) is 18.8 Å². The van der Waals surface area contributed by atoms with E-state index in [1.807, 2.05) is 85.8 Å². The lowest BCUT2D eigenvalue weighted by molar-refractivity contribution is 0.582. The van der Waals surface area contributed by atoms with Crippen molar-refractivity contribution >= 4 is 0 Å². The smallest absolute Gasteiger partial charge is 0.293 e. The Bertz CT molecular complexity index is 1570. The molecule has 0 bridgehead atoms. The Kier molecular flexibility index (Phi) is 6.66. The Morgan fingerprint density at radius 1 is 0.778 bits per heavy atom. The minimum Gasteiger partial charge on any atom is -0.293 e. The first-order valence-electron chi connectivity index (χ1n) is 11.9. The number of aromatic nitrogens is 6. The SMILES string of the molecule is CCCc1cc(=O)n(Cc2ccccc2)c(=O)n1Cc1ccc(-c2ccccc2-c2nn[nH]n2)cc1. The third kappa shape index (κ3) is 4.79. The van der Waals surface area contributed by atoms with Gasteiger partial charge < -0.3 is 0 Å². The molecule has 0 saturated heterocycles. The fourth-order valence-corrected chi connectivity index (χ4v) is 4.38. The number of hydrogen-bond donors (Lipinski definition) is 1. The molecule has 0 amide bonds. The summed E-state index contributed by atoms with van der Waals surface area (Å²) in [7, 11) is 0. The maximum atomic E-state index is 13.5. The second-order valence-corrected chi connectivity index (χ2v) is 8.64. The molecule has 8 nitrogen and oxygen atoms in total. The fraction of sp³-hybridized carbons (Fsp3) is 0.179. The summed E-state index contributed by atoms with van der Waals surface area (Å²) in [4.78, 5) is 26.3. The number of aromatic amines is 1. The predicted molar refractivity (Wildman–Crippen MR) is 139 cm³/mol. The normalized spacial score (nSPS) is 11.0. The van der Waals surface area contributed by atoms with Gasteiger partial charge in [-0.2, -0.15) is 5.21 Å². The van der Waals surface area contributed by atoms with Crippen molar-refractivity contribution in [3.63, 3.8) is 0 Å². The Morgan fingerprint density at radius 2 is 1.44 bits per heavy atom. The van der Waals surface area contributed by atoms with E-state index in [9.17, 15) is 9.59 Å². The van der Waals surface area contributed by atoms with Crippen LogP contribution in [0.4, 0.5) is 0 Å². The lowest BCUT2D eigenvalue weighted by Gasteiger charge is -2.16. The molecule has 0 aliphatic carbocycles. The van der Waals surface area contributed by atoms with Crippen LogP contribution in [-0.4, -0.2) is 29.8 Å². The van der Waals surface area contributed by atoms with E-state index >= 15 is 0 Å². The van der Waals surface area contributed by atoms with Crippen LogP contribution in [-0.2, 0) is 19.5 Å². The summed E-state index contributed by atoms with van der Waals surface area (Å²) in [6.45, 7) is 2.67. The van der Waals surface area contributed by atoms with Crippen molar-refractivity contribution in [3.05, 3.63) is 123 Å². The highest BCUT2D eigenvalue weighted by atomic mass is 16.2. The lowest BCUT2D eigenvalue weighted by atomic mass is 9.98. The third-order valence-corrected chi connectivity index (χ3v) is 6.17. The molecule has 0 fully saturated rings. The van der Waals surface area contributed by atoms with Crippen LogP contribution in [0.15, 0.2) is 94.5 Å². The molecule has 0 atom stereocenters. The van der Waals surface area contributed by atoms with E-state index in [1.54, 1.807) is 10.6 Å². The van der Waals surface area contributed by atoms with Gasteiger partial charge in [0.05, 0.1) is 13.1 Å². The number of nitrogens with zero attached hydrogens (tertiary/aromatic N) is 5. The largest absolute Gasteiger partial charge is 0.331 e. The van der Waals surface area contributed by atoms with Crippen molar-refractivity contribution in [2.75, 3.05) is 0 Å². The van der Waals surface area contributed by atoms with E-state index in [-0.39, 0.29) is 17.8 Å². The van der Waals surface area contributed by atoms with E-state index in [0.717, 1.165) is 39.9 Å². The number of H-pyrrole nitrogens is 1. The standard InChI is InChI=1S/C28H26N6O2/c1-2-8-23-17-26(35)34(19-20-9-4-3-5-10-20)28(36)33(23)18-21-13-15-22(16-14-21)24-11-6-7-12-25(24)27-29-31-32-30-27/h3-7,9-17H,2,8,18-19H2,1H3,(H,29,30,31,32). The molecule has 0 aliphatic rings. The molecule has 5 rings (SSSR count). The molecule has 0 unspecified atom stereocenters. The van der Waals surface area contributed by atoms with Crippen molar-refractivity contribution in [2.45, 2.75) is 32.9 Å². The summed E-state index contributed by atoms with van der Waals surface area (Å²) in [5.74, 6) is 0.533. The lowest BCUT2D eigenvalue weighted by Crippen LogP contribution is -2.41. The van der Waals surface area contributed by atoms with Gasteiger partial charge in [-0.15, -0.1) is 10.2 Å². The molecule has 0 spiro atoms. The molecule has 180 valence electrons. The van der Waals surface area contributed by atoms with Crippen molar-refractivity contribution in [1.82, 2.24) is 29.8 Å². The number of rotatable bonds is 8. The monoisotopic (exact) mass is 478 g/mol. The number of hydrogen-bond acceptors (Lipinski definition) is 5. The summed E-state index contributed by atoms with van der Waals surface area (Å²) in [6, 6.07) is 27.1. The zero-order chi connectivity index (χ0) is 24.9. The Labute approximate surface area is 207 Å². The summed E-state index contributed by atoms with van der Waals surface area (Å²) in [5, 5.41) is 14.4. The second-order valence-electron chi connectivity index (χ2n) is 8.64. The molecule has 0 radical (unpaired) electrons. The molecule has 36 heavy (non-hydrogen) atoms. The van der Waals surface area contributed by atoms with Crippen LogP contribution in [0.2, 0.25) is 0 Å². The quantitative estimate of drug-likeness (QED) is 0.365. The van der Waals surface area contributed by atoms with Gasteiger partial charge in [0.25, 0.3) is 5.56 Å². The number of benzene rings is 3. The van der Waals surface area contributed by atoms with Gasteiger partial charge in [0.1, 0.15) is 0 Å². The zero-order valence-corrected chi connectivity index (χ0v) is 20.0. The summed E-state index contributed by atoms with van der Waals surface area (Å²) in [5.41, 5.74) is 4.96. The summed E-state index contributed by atoms with van der Waals surface area (Å²) in [6.07, 6.45) is 1.50. The first kappa shape index (κ1) is 23.2. The van der Waals surface area contributed by atoms with Gasteiger partial charge in [-0.05, 0) is 33.9 Å². The first-order chi connectivity index (χ1) is 17.6. The van der Waals surface area contributed by atoms with Crippen molar-refractivity contribution < 1.29 is 0 Å². The van der Waals surface area contributed by atoms with E-state index in [2.05, 4.69) is 20.6 Å². The van der Waals surface area contributed by atoms with Gasteiger partial charge in [0.2, 0.25) is 5.82 Å². The van der Waals surface area contributed by atoms with E-state index < -0.39 is 0 Å². The molecule has 1 N–H and O–H groups in total. The van der Waals surface area contributed by atoms with Crippen LogP contribution in [0, 0.1) is 0 Å². The van der Waals surface area contributed by atoms with Crippen molar-refractivity contribution in [2.24, 2.45) is 0 Å². The summed E-state index contributed by atoms with van der Waals surface area (Å²) >= 11 is 0. The van der Waals surface area contributed by atoms with E-state index in [4.69, 9.17) is 0 Å². The highest BCUT2D eigenvalue weighted by Gasteiger charge is 2.14. The first-order valence-corrected chi connectivity index (χ1v) is 11.9. The number of tetrazole rings is 1. The van der Waals surface area contributed by atoms with Gasteiger partial charge in [-0.3, -0.25) is 13.9 Å². The predicted octanol–water partition coefficient (Wildman–Crippen LogP) is 3.91. The average molecular weight is 479 g/mol. The van der Waals surface area contributed by atoms with Crippen molar-refractivity contribution in [1.29, 1.82) is 0 Å². The molecule has 2 aromatic heterocycles. The highest BCUT2D eigenvalue weighted by Crippen LogP contribution is 2.29. The number of nitrogens with one attached hydrogen (secondary N) is 1. The minimum absolute atomic E-state index is 0.247. The second kappa shape index (κ2) is 10.4. The zero-order valence-electron chi connectivity index (χ0n) is 20.0. The molecule has 8 heteroatoms. The topological polar surface area (TPSA) is 98.5 Å². The molecular weight excluding hydrogens is 452 g/mol. The molecule has 0 aliphatic heterocycles. The van der Waals surface area contributed by atoms with Gasteiger partial charge in [0, 0.05) is 17.3 Å². The third-order valence-electron chi connectivity index (χ3n) is 6.17. The van der Waals surface area contributed by atoms with Gasteiger partial charge in [-0.25, -0.2) is 4.79 Å². The van der Waals surface area contributed by atoms with Gasteiger partial charge >= 0.3 is 5.69 Å². The number of aryl methyl sites for hydroxylation is 1. The molecular formula is C28H26N6O2. The van der Waals surface area contributed by atoms with Crippen LogP contribution in [0.3, 0.4) is 0 Å². The van der Waals surface area contributed by atoms with Crippen LogP contribution >= 0.6 is 0 Å². The average Bonchev–Trinajstić information content (AvgIpc) is 3.45. The Hall–Kier alpha value is -4.59. The van der Waals surface area contributed by atoms with Crippen LogP contribution in [0.1, 0.15) is 30.2 Å². The maximum absolute atomic E-state index is 13.5. The van der Waals surface area contributed by atoms with E-state index in [1.165, 1.54) is 4.57 Å². The Balaban J connectivity index is 1.48.